The third-order valence-corrected chi connectivity index (χ3v) is 3.37. The van der Waals surface area contributed by atoms with E-state index in [9.17, 15) is 9.59 Å². The standard InChI is InChI=1S/C15H21N3O2/c1-12-3-5-13(6-4-12)9-17(2)11-15(20)18-8-7-16-14(19)10-18/h3-6H,7-11H2,1-2H3,(H,16,19). The summed E-state index contributed by atoms with van der Waals surface area (Å²) in [5, 5.41) is 2.72. The van der Waals surface area contributed by atoms with Gasteiger partial charge < -0.3 is 10.2 Å². The van der Waals surface area contributed by atoms with Crippen molar-refractivity contribution in [3.05, 3.63) is 35.4 Å². The fraction of sp³-hybridized carbons (Fsp3) is 0.467. The molecule has 2 rings (SSSR count). The average molecular weight is 275 g/mol. The first-order valence-electron chi connectivity index (χ1n) is 6.83. The number of hydrogen-bond acceptors (Lipinski definition) is 3. The van der Waals surface area contributed by atoms with Gasteiger partial charge in [0.1, 0.15) is 0 Å². The summed E-state index contributed by atoms with van der Waals surface area (Å²) in [4.78, 5) is 27.0. The molecule has 0 unspecified atom stereocenters. The van der Waals surface area contributed by atoms with Crippen LogP contribution in [0.5, 0.6) is 0 Å². The van der Waals surface area contributed by atoms with Crippen molar-refractivity contribution >= 4 is 11.8 Å². The minimum Gasteiger partial charge on any atom is -0.353 e. The molecule has 0 spiro atoms. The fourth-order valence-corrected chi connectivity index (χ4v) is 2.24. The number of aryl methyl sites for hydroxylation is 1. The van der Waals surface area contributed by atoms with Gasteiger partial charge in [0.15, 0.2) is 0 Å². The zero-order valence-corrected chi connectivity index (χ0v) is 12.1. The van der Waals surface area contributed by atoms with E-state index in [1.807, 2.05) is 11.9 Å². The van der Waals surface area contributed by atoms with Crippen molar-refractivity contribution in [2.75, 3.05) is 33.2 Å². The normalized spacial score (nSPS) is 15.3. The molecule has 0 saturated carbocycles. The van der Waals surface area contributed by atoms with E-state index in [0.717, 1.165) is 6.54 Å². The number of likely N-dealkylation sites (N-methyl/N-ethyl adjacent to an activating group) is 1. The highest BCUT2D eigenvalue weighted by Crippen LogP contribution is 2.06. The molecule has 1 aliphatic heterocycles. The highest BCUT2D eigenvalue weighted by Gasteiger charge is 2.21. The predicted molar refractivity (Wildman–Crippen MR) is 77.1 cm³/mol. The van der Waals surface area contributed by atoms with E-state index in [4.69, 9.17) is 0 Å². The lowest BCUT2D eigenvalue weighted by Crippen LogP contribution is -2.52. The minimum atomic E-state index is -0.0780. The number of amides is 2. The molecule has 20 heavy (non-hydrogen) atoms. The van der Waals surface area contributed by atoms with E-state index in [-0.39, 0.29) is 18.4 Å². The van der Waals surface area contributed by atoms with Crippen LogP contribution < -0.4 is 5.32 Å². The first-order chi connectivity index (χ1) is 9.54. The molecule has 5 nitrogen and oxygen atoms in total. The molecule has 1 heterocycles. The van der Waals surface area contributed by atoms with Crippen LogP contribution in [-0.4, -0.2) is 54.8 Å². The summed E-state index contributed by atoms with van der Waals surface area (Å²) in [6.45, 7) is 4.44. The van der Waals surface area contributed by atoms with Crippen LogP contribution in [-0.2, 0) is 16.1 Å². The summed E-state index contributed by atoms with van der Waals surface area (Å²) in [5.41, 5.74) is 2.41. The SMILES string of the molecule is Cc1ccc(CN(C)CC(=O)N2CCNC(=O)C2)cc1. The van der Waals surface area contributed by atoms with Crippen molar-refractivity contribution in [1.29, 1.82) is 0 Å². The maximum absolute atomic E-state index is 12.1. The fourth-order valence-electron chi connectivity index (χ4n) is 2.24. The highest BCUT2D eigenvalue weighted by molar-refractivity contribution is 5.86. The van der Waals surface area contributed by atoms with Crippen LogP contribution in [0, 0.1) is 6.92 Å². The van der Waals surface area contributed by atoms with Gasteiger partial charge in [-0.3, -0.25) is 14.5 Å². The summed E-state index contributed by atoms with van der Waals surface area (Å²) in [6.07, 6.45) is 0. The van der Waals surface area contributed by atoms with Crippen LogP contribution in [0.25, 0.3) is 0 Å². The van der Waals surface area contributed by atoms with Crippen LogP contribution in [0.15, 0.2) is 24.3 Å². The third kappa shape index (κ3) is 4.06. The quantitative estimate of drug-likeness (QED) is 0.864. The molecule has 0 bridgehead atoms. The Labute approximate surface area is 119 Å². The first kappa shape index (κ1) is 14.5. The predicted octanol–water partition coefficient (Wildman–Crippen LogP) is 0.385. The van der Waals surface area contributed by atoms with E-state index in [1.54, 1.807) is 4.90 Å². The molecular formula is C15H21N3O2. The Morgan fingerprint density at radius 1 is 1.35 bits per heavy atom. The summed E-state index contributed by atoms with van der Waals surface area (Å²) in [6, 6.07) is 8.29. The molecule has 0 aliphatic carbocycles. The second kappa shape index (κ2) is 6.52. The zero-order chi connectivity index (χ0) is 14.5. The summed E-state index contributed by atoms with van der Waals surface area (Å²) in [5.74, 6) is -0.0692. The van der Waals surface area contributed by atoms with Crippen molar-refractivity contribution in [1.82, 2.24) is 15.1 Å². The largest absolute Gasteiger partial charge is 0.353 e. The number of nitrogens with one attached hydrogen (secondary N) is 1. The molecule has 0 aromatic heterocycles. The molecule has 1 aliphatic rings. The van der Waals surface area contributed by atoms with E-state index in [0.29, 0.717) is 19.6 Å². The molecule has 5 heteroatoms. The van der Waals surface area contributed by atoms with Crippen LogP contribution in [0.2, 0.25) is 0 Å². The highest BCUT2D eigenvalue weighted by atomic mass is 16.2. The second-order valence-electron chi connectivity index (χ2n) is 5.32. The molecule has 0 atom stereocenters. The van der Waals surface area contributed by atoms with Crippen LogP contribution in [0.4, 0.5) is 0 Å². The average Bonchev–Trinajstić information content (AvgIpc) is 2.41. The van der Waals surface area contributed by atoms with Gasteiger partial charge in [-0.2, -0.15) is 0 Å². The van der Waals surface area contributed by atoms with Crippen LogP contribution in [0.3, 0.4) is 0 Å². The van der Waals surface area contributed by atoms with Crippen molar-refractivity contribution in [3.63, 3.8) is 0 Å². The van der Waals surface area contributed by atoms with Crippen molar-refractivity contribution < 1.29 is 9.59 Å². The lowest BCUT2D eigenvalue weighted by molar-refractivity contribution is -0.138. The van der Waals surface area contributed by atoms with Crippen LogP contribution >= 0.6 is 0 Å². The summed E-state index contributed by atoms with van der Waals surface area (Å²) < 4.78 is 0. The molecule has 1 N–H and O–H groups in total. The maximum atomic E-state index is 12.1. The van der Waals surface area contributed by atoms with Gasteiger partial charge in [-0.15, -0.1) is 0 Å². The number of nitrogens with zero attached hydrogens (tertiary/aromatic N) is 2. The molecule has 2 amide bonds. The Kier molecular flexibility index (Phi) is 4.74. The maximum Gasteiger partial charge on any atom is 0.239 e. The molecule has 0 radical (unpaired) electrons. The third-order valence-electron chi connectivity index (χ3n) is 3.37. The van der Waals surface area contributed by atoms with E-state index < -0.39 is 0 Å². The van der Waals surface area contributed by atoms with Crippen molar-refractivity contribution in [2.24, 2.45) is 0 Å². The van der Waals surface area contributed by atoms with Gasteiger partial charge in [-0.05, 0) is 19.5 Å². The Morgan fingerprint density at radius 2 is 2.05 bits per heavy atom. The van der Waals surface area contributed by atoms with Gasteiger partial charge >= 0.3 is 0 Å². The smallest absolute Gasteiger partial charge is 0.239 e. The van der Waals surface area contributed by atoms with Gasteiger partial charge in [0.05, 0.1) is 13.1 Å². The van der Waals surface area contributed by atoms with Gasteiger partial charge in [-0.25, -0.2) is 0 Å². The zero-order valence-electron chi connectivity index (χ0n) is 12.1. The van der Waals surface area contributed by atoms with Gasteiger partial charge in [0, 0.05) is 19.6 Å². The second-order valence-corrected chi connectivity index (χ2v) is 5.32. The lowest BCUT2D eigenvalue weighted by atomic mass is 10.1. The molecule has 1 aromatic rings. The van der Waals surface area contributed by atoms with Gasteiger partial charge in [-0.1, -0.05) is 29.8 Å². The summed E-state index contributed by atoms with van der Waals surface area (Å²) >= 11 is 0. The Morgan fingerprint density at radius 3 is 2.70 bits per heavy atom. The molecule has 108 valence electrons. The number of piperazine rings is 1. The lowest BCUT2D eigenvalue weighted by Gasteiger charge is -2.28. The van der Waals surface area contributed by atoms with E-state index in [1.165, 1.54) is 11.1 Å². The van der Waals surface area contributed by atoms with Crippen molar-refractivity contribution in [2.45, 2.75) is 13.5 Å². The molecular weight excluding hydrogens is 254 g/mol. The first-order valence-corrected chi connectivity index (χ1v) is 6.83. The van der Waals surface area contributed by atoms with E-state index >= 15 is 0 Å². The Bertz CT molecular complexity index is 484. The number of benzene rings is 1. The Hall–Kier alpha value is -1.88. The number of rotatable bonds is 4. The number of hydrogen-bond donors (Lipinski definition) is 1. The van der Waals surface area contributed by atoms with Crippen molar-refractivity contribution in [3.8, 4) is 0 Å². The monoisotopic (exact) mass is 275 g/mol. The van der Waals surface area contributed by atoms with Gasteiger partial charge in [0.25, 0.3) is 0 Å². The summed E-state index contributed by atoms with van der Waals surface area (Å²) in [7, 11) is 1.92. The topological polar surface area (TPSA) is 52.7 Å². The van der Waals surface area contributed by atoms with Gasteiger partial charge in [0.2, 0.25) is 11.8 Å². The Balaban J connectivity index is 1.84. The number of carbonyl (C=O) groups excluding carboxylic acids is 2. The van der Waals surface area contributed by atoms with Crippen LogP contribution in [0.1, 0.15) is 11.1 Å². The van der Waals surface area contributed by atoms with E-state index in [2.05, 4.69) is 36.5 Å². The molecule has 1 fully saturated rings. The number of carbonyl (C=O) groups is 2. The minimum absolute atomic E-state index is 0.00876. The molecule has 1 aromatic carbocycles. The molecule has 1 saturated heterocycles.